The molecule has 2 aromatic rings. The van der Waals surface area contributed by atoms with Gasteiger partial charge in [0, 0.05) is 32.0 Å². The molecule has 26 heavy (non-hydrogen) atoms. The SMILES string of the molecule is FC(F)(F)c1cnc(N2CCC3CCN(c4ccncn4)CC32)c(Cl)c1. The Hall–Kier alpha value is -2.09. The minimum absolute atomic E-state index is 0.0413. The smallest absolute Gasteiger partial charge is 0.354 e. The minimum atomic E-state index is -4.45. The van der Waals surface area contributed by atoms with Crippen molar-refractivity contribution in [1.82, 2.24) is 15.0 Å². The number of aromatic nitrogens is 3. The van der Waals surface area contributed by atoms with Gasteiger partial charge in [-0.3, -0.25) is 0 Å². The number of halogens is 4. The van der Waals surface area contributed by atoms with Crippen LogP contribution >= 0.6 is 11.6 Å². The molecule has 2 fully saturated rings. The van der Waals surface area contributed by atoms with E-state index in [-0.39, 0.29) is 11.1 Å². The van der Waals surface area contributed by atoms with Crippen molar-refractivity contribution in [2.45, 2.75) is 25.1 Å². The van der Waals surface area contributed by atoms with Crippen LogP contribution in [-0.2, 0) is 6.18 Å². The van der Waals surface area contributed by atoms with Gasteiger partial charge in [0.05, 0.1) is 16.6 Å². The van der Waals surface area contributed by atoms with Gasteiger partial charge in [-0.15, -0.1) is 0 Å². The molecule has 0 spiro atoms. The van der Waals surface area contributed by atoms with Crippen molar-refractivity contribution in [3.63, 3.8) is 0 Å². The highest BCUT2D eigenvalue weighted by Crippen LogP contribution is 2.39. The summed E-state index contributed by atoms with van der Waals surface area (Å²) in [4.78, 5) is 16.5. The van der Waals surface area contributed by atoms with Crippen molar-refractivity contribution >= 4 is 23.2 Å². The first-order chi connectivity index (χ1) is 12.4. The number of nitrogens with zero attached hydrogens (tertiary/aromatic N) is 5. The van der Waals surface area contributed by atoms with E-state index in [4.69, 9.17) is 11.6 Å². The van der Waals surface area contributed by atoms with Crippen LogP contribution in [0.4, 0.5) is 24.8 Å². The van der Waals surface area contributed by atoms with E-state index in [0.717, 1.165) is 50.6 Å². The highest BCUT2D eigenvalue weighted by Gasteiger charge is 2.40. The van der Waals surface area contributed by atoms with Gasteiger partial charge in [-0.05, 0) is 30.9 Å². The third-order valence-corrected chi connectivity index (χ3v) is 5.45. The summed E-state index contributed by atoms with van der Waals surface area (Å²) in [7, 11) is 0. The van der Waals surface area contributed by atoms with Gasteiger partial charge in [0.1, 0.15) is 18.0 Å². The first kappa shape index (κ1) is 17.3. The van der Waals surface area contributed by atoms with Gasteiger partial charge in [0.15, 0.2) is 0 Å². The predicted octanol–water partition coefficient (Wildman–Crippen LogP) is 3.65. The Morgan fingerprint density at radius 1 is 1.15 bits per heavy atom. The zero-order valence-electron chi connectivity index (χ0n) is 13.8. The molecule has 2 atom stereocenters. The normalized spacial score (nSPS) is 23.2. The molecule has 138 valence electrons. The molecule has 2 saturated heterocycles. The van der Waals surface area contributed by atoms with Gasteiger partial charge in [0.2, 0.25) is 0 Å². The fourth-order valence-corrected chi connectivity index (χ4v) is 4.15. The molecule has 0 aliphatic carbocycles. The minimum Gasteiger partial charge on any atom is -0.354 e. The summed E-state index contributed by atoms with van der Waals surface area (Å²) < 4.78 is 38.6. The fourth-order valence-electron chi connectivity index (χ4n) is 3.88. The van der Waals surface area contributed by atoms with Crippen molar-refractivity contribution in [1.29, 1.82) is 0 Å². The highest BCUT2D eigenvalue weighted by molar-refractivity contribution is 6.33. The van der Waals surface area contributed by atoms with Gasteiger partial charge in [0.25, 0.3) is 0 Å². The van der Waals surface area contributed by atoms with Crippen molar-refractivity contribution in [2.24, 2.45) is 5.92 Å². The van der Waals surface area contributed by atoms with Crippen LogP contribution < -0.4 is 9.80 Å². The summed E-state index contributed by atoms with van der Waals surface area (Å²) in [5.74, 6) is 1.77. The molecule has 2 aliphatic rings. The molecule has 2 aliphatic heterocycles. The van der Waals surface area contributed by atoms with E-state index in [2.05, 4.69) is 19.9 Å². The molecular formula is C17H17ClF3N5. The molecule has 0 aromatic carbocycles. The lowest BCUT2D eigenvalue weighted by Gasteiger charge is -2.39. The van der Waals surface area contributed by atoms with Gasteiger partial charge in [-0.25, -0.2) is 15.0 Å². The summed E-state index contributed by atoms with van der Waals surface area (Å²) in [6.45, 7) is 2.38. The molecule has 4 heterocycles. The van der Waals surface area contributed by atoms with Crippen LogP contribution in [-0.4, -0.2) is 40.6 Å². The highest BCUT2D eigenvalue weighted by atomic mass is 35.5. The standard InChI is InChI=1S/C17H17ClF3N5/c18-13-7-12(17(19,20)21)8-23-16(13)26-6-3-11-2-5-25(9-14(11)26)15-1-4-22-10-24-15/h1,4,7-8,10-11,14H,2-3,5-6,9H2. The van der Waals surface area contributed by atoms with Crippen LogP contribution in [0.2, 0.25) is 5.02 Å². The summed E-state index contributed by atoms with van der Waals surface area (Å²) in [5, 5.41) is 0.0413. The molecular weight excluding hydrogens is 367 g/mol. The Kier molecular flexibility index (Phi) is 4.38. The number of pyridine rings is 1. The maximum Gasteiger partial charge on any atom is 0.417 e. The van der Waals surface area contributed by atoms with E-state index >= 15 is 0 Å². The van der Waals surface area contributed by atoms with Crippen LogP contribution in [0.5, 0.6) is 0 Å². The fraction of sp³-hybridized carbons (Fsp3) is 0.471. The molecule has 0 radical (unpaired) electrons. The molecule has 0 amide bonds. The Morgan fingerprint density at radius 3 is 2.65 bits per heavy atom. The second-order valence-corrected chi connectivity index (χ2v) is 7.05. The number of fused-ring (bicyclic) bond motifs is 1. The molecule has 0 bridgehead atoms. The summed E-state index contributed by atoms with van der Waals surface area (Å²) in [6.07, 6.45) is 1.62. The van der Waals surface area contributed by atoms with E-state index in [1.807, 2.05) is 11.0 Å². The van der Waals surface area contributed by atoms with Crippen LogP contribution in [0.25, 0.3) is 0 Å². The monoisotopic (exact) mass is 383 g/mol. The Balaban J connectivity index is 1.58. The average Bonchev–Trinajstić information content (AvgIpc) is 3.04. The number of anilines is 2. The van der Waals surface area contributed by atoms with E-state index in [1.54, 1.807) is 6.20 Å². The van der Waals surface area contributed by atoms with Crippen molar-refractivity contribution < 1.29 is 13.2 Å². The number of hydrogen-bond acceptors (Lipinski definition) is 5. The summed E-state index contributed by atoms with van der Waals surface area (Å²) >= 11 is 6.16. The van der Waals surface area contributed by atoms with Crippen LogP contribution in [0.3, 0.4) is 0 Å². The lowest BCUT2D eigenvalue weighted by Crippen LogP contribution is -2.49. The summed E-state index contributed by atoms with van der Waals surface area (Å²) in [6, 6.07) is 2.98. The number of rotatable bonds is 2. The van der Waals surface area contributed by atoms with E-state index in [1.165, 1.54) is 6.33 Å². The first-order valence-corrected chi connectivity index (χ1v) is 8.81. The largest absolute Gasteiger partial charge is 0.417 e. The second-order valence-electron chi connectivity index (χ2n) is 6.64. The average molecular weight is 384 g/mol. The van der Waals surface area contributed by atoms with Crippen molar-refractivity contribution in [3.8, 4) is 0 Å². The first-order valence-electron chi connectivity index (χ1n) is 8.44. The Morgan fingerprint density at radius 2 is 1.96 bits per heavy atom. The molecule has 5 nitrogen and oxygen atoms in total. The predicted molar refractivity (Wildman–Crippen MR) is 92.4 cm³/mol. The number of alkyl halides is 3. The van der Waals surface area contributed by atoms with Gasteiger partial charge in [-0.2, -0.15) is 13.2 Å². The quantitative estimate of drug-likeness (QED) is 0.792. The van der Waals surface area contributed by atoms with Crippen LogP contribution in [0.1, 0.15) is 18.4 Å². The lowest BCUT2D eigenvalue weighted by atomic mass is 9.92. The van der Waals surface area contributed by atoms with Gasteiger partial charge >= 0.3 is 6.18 Å². The molecule has 2 unspecified atom stereocenters. The van der Waals surface area contributed by atoms with E-state index < -0.39 is 11.7 Å². The van der Waals surface area contributed by atoms with Crippen molar-refractivity contribution in [2.75, 3.05) is 29.4 Å². The van der Waals surface area contributed by atoms with Crippen molar-refractivity contribution in [3.05, 3.63) is 41.4 Å². The molecule has 0 saturated carbocycles. The van der Waals surface area contributed by atoms with Crippen LogP contribution in [0, 0.1) is 5.92 Å². The molecule has 0 N–H and O–H groups in total. The maximum atomic E-state index is 12.9. The lowest BCUT2D eigenvalue weighted by molar-refractivity contribution is -0.137. The molecule has 4 rings (SSSR count). The summed E-state index contributed by atoms with van der Waals surface area (Å²) in [5.41, 5.74) is -0.826. The van der Waals surface area contributed by atoms with Crippen LogP contribution in [0.15, 0.2) is 30.9 Å². The third kappa shape index (κ3) is 3.18. The topological polar surface area (TPSA) is 45.2 Å². The Labute approximate surface area is 153 Å². The Bertz CT molecular complexity index is 786. The van der Waals surface area contributed by atoms with Gasteiger partial charge < -0.3 is 9.80 Å². The zero-order chi connectivity index (χ0) is 18.3. The van der Waals surface area contributed by atoms with Gasteiger partial charge in [-0.1, -0.05) is 11.6 Å². The number of hydrogen-bond donors (Lipinski definition) is 0. The zero-order valence-corrected chi connectivity index (χ0v) is 14.6. The third-order valence-electron chi connectivity index (χ3n) is 5.17. The maximum absolute atomic E-state index is 12.9. The number of piperidine rings is 1. The molecule has 9 heteroatoms. The molecule has 2 aromatic heterocycles. The van der Waals surface area contributed by atoms with E-state index in [9.17, 15) is 13.2 Å². The second kappa shape index (κ2) is 6.57. The van der Waals surface area contributed by atoms with E-state index in [0.29, 0.717) is 11.7 Å².